The van der Waals surface area contributed by atoms with Gasteiger partial charge < -0.3 is 5.32 Å². The number of hydrogen-bond donors (Lipinski definition) is 2. The monoisotopic (exact) mass is 349 g/mol. The number of primary sulfonamides is 1. The lowest BCUT2D eigenvalue weighted by atomic mass is 10.3. The van der Waals surface area contributed by atoms with Crippen molar-refractivity contribution in [3.63, 3.8) is 0 Å². The van der Waals surface area contributed by atoms with Crippen LogP contribution in [0.3, 0.4) is 0 Å². The quantitative estimate of drug-likeness (QED) is 0.597. The molecule has 124 valence electrons. The molecule has 24 heavy (non-hydrogen) atoms. The van der Waals surface area contributed by atoms with Gasteiger partial charge in [-0.05, 0) is 24.3 Å². The van der Waals surface area contributed by atoms with E-state index in [0.717, 1.165) is 9.08 Å². The van der Waals surface area contributed by atoms with Gasteiger partial charge in [0.25, 0.3) is 5.91 Å². The van der Waals surface area contributed by atoms with E-state index in [1.807, 2.05) is 0 Å². The Morgan fingerprint density at radius 2 is 1.92 bits per heavy atom. The fraction of sp³-hybridized carbons (Fsp3) is 0.0833. The van der Waals surface area contributed by atoms with E-state index in [2.05, 4.69) is 20.6 Å². The Kier molecular flexibility index (Phi) is 3.62. The molecule has 3 N–H and O–H groups in total. The van der Waals surface area contributed by atoms with Crippen molar-refractivity contribution in [3.8, 4) is 0 Å². The summed E-state index contributed by atoms with van der Waals surface area (Å²) in [7, 11) is -2.39. The number of hydrogen-bond acceptors (Lipinski definition) is 7. The molecule has 0 fully saturated rings. The largest absolute Gasteiger partial charge is 0.352 e. The van der Waals surface area contributed by atoms with Crippen molar-refractivity contribution in [2.24, 2.45) is 12.2 Å². The summed E-state index contributed by atoms with van der Waals surface area (Å²) in [6.07, 6.45) is 1.17. The lowest BCUT2D eigenvalue weighted by molar-refractivity contribution is 0.102. The zero-order valence-corrected chi connectivity index (χ0v) is 13.1. The third-order valence-electron chi connectivity index (χ3n) is 3.15. The summed E-state index contributed by atoms with van der Waals surface area (Å²) in [5, 5.41) is 14.9. The Labute approximate surface area is 134 Å². The molecule has 1 aromatic carbocycles. The molecule has 0 saturated heterocycles. The Balaban J connectivity index is 1.91. The van der Waals surface area contributed by atoms with Crippen molar-refractivity contribution in [2.75, 3.05) is 5.32 Å². The van der Waals surface area contributed by atoms with Crippen LogP contribution in [0.4, 0.5) is 5.69 Å². The second-order valence-electron chi connectivity index (χ2n) is 4.81. The summed E-state index contributed by atoms with van der Waals surface area (Å²) in [4.78, 5) is 27.9. The maximum absolute atomic E-state index is 12.3. The SMILES string of the molecule is Cn1nnc2c(C(=O)Nc3ccc(S(N)(=O)=O)cc3)ncn2c1=O. The molecule has 0 unspecified atom stereocenters. The average Bonchev–Trinajstić information content (AvgIpc) is 2.95. The van der Waals surface area contributed by atoms with E-state index in [1.54, 1.807) is 0 Å². The predicted molar refractivity (Wildman–Crippen MR) is 81.8 cm³/mol. The molecule has 3 rings (SSSR count). The zero-order valence-electron chi connectivity index (χ0n) is 12.2. The molecule has 0 aliphatic rings. The van der Waals surface area contributed by atoms with Crippen LogP contribution in [0.2, 0.25) is 0 Å². The summed E-state index contributed by atoms with van der Waals surface area (Å²) in [6.45, 7) is 0. The van der Waals surface area contributed by atoms with Crippen LogP contribution in [0.1, 0.15) is 10.5 Å². The van der Waals surface area contributed by atoms with Crippen LogP contribution in [0.15, 0.2) is 40.3 Å². The van der Waals surface area contributed by atoms with Crippen LogP contribution >= 0.6 is 0 Å². The van der Waals surface area contributed by atoms with Crippen LogP contribution in [0.25, 0.3) is 5.65 Å². The van der Waals surface area contributed by atoms with Gasteiger partial charge in [-0.2, -0.15) is 4.68 Å². The van der Waals surface area contributed by atoms with E-state index >= 15 is 0 Å². The molecule has 12 heteroatoms. The van der Waals surface area contributed by atoms with Crippen LogP contribution in [-0.4, -0.2) is 38.7 Å². The third kappa shape index (κ3) is 2.75. The molecule has 0 spiro atoms. The first-order valence-electron chi connectivity index (χ1n) is 6.48. The topological polar surface area (TPSA) is 154 Å². The highest BCUT2D eigenvalue weighted by molar-refractivity contribution is 7.89. The molecule has 11 nitrogen and oxygen atoms in total. The molecular weight excluding hydrogens is 338 g/mol. The van der Waals surface area contributed by atoms with E-state index in [-0.39, 0.29) is 16.2 Å². The summed E-state index contributed by atoms with van der Waals surface area (Å²) in [5.41, 5.74) is -0.248. The summed E-state index contributed by atoms with van der Waals surface area (Å²) in [6, 6.07) is 5.26. The number of nitrogens with zero attached hydrogens (tertiary/aromatic N) is 5. The highest BCUT2D eigenvalue weighted by Gasteiger charge is 2.17. The van der Waals surface area contributed by atoms with Crippen LogP contribution in [0.5, 0.6) is 0 Å². The van der Waals surface area contributed by atoms with E-state index in [4.69, 9.17) is 5.14 Å². The van der Waals surface area contributed by atoms with Crippen molar-refractivity contribution in [1.29, 1.82) is 0 Å². The van der Waals surface area contributed by atoms with E-state index in [0.29, 0.717) is 5.69 Å². The first kappa shape index (κ1) is 15.8. The number of anilines is 1. The number of sulfonamides is 1. The second-order valence-corrected chi connectivity index (χ2v) is 6.37. The highest BCUT2D eigenvalue weighted by atomic mass is 32.2. The number of carbonyl (C=O) groups is 1. The molecule has 2 aromatic heterocycles. The fourth-order valence-corrected chi connectivity index (χ4v) is 2.47. The van der Waals surface area contributed by atoms with Gasteiger partial charge in [0.1, 0.15) is 6.33 Å². The summed E-state index contributed by atoms with van der Waals surface area (Å²) < 4.78 is 24.5. The number of carbonyl (C=O) groups excluding carboxylic acids is 1. The Morgan fingerprint density at radius 1 is 1.25 bits per heavy atom. The van der Waals surface area contributed by atoms with Gasteiger partial charge in [0.2, 0.25) is 10.0 Å². The third-order valence-corrected chi connectivity index (χ3v) is 4.08. The van der Waals surface area contributed by atoms with E-state index in [1.165, 1.54) is 37.6 Å². The Morgan fingerprint density at radius 3 is 2.54 bits per heavy atom. The van der Waals surface area contributed by atoms with Crippen molar-refractivity contribution in [1.82, 2.24) is 24.4 Å². The van der Waals surface area contributed by atoms with E-state index < -0.39 is 21.6 Å². The molecule has 0 aliphatic carbocycles. The number of aryl methyl sites for hydroxylation is 1. The smallest absolute Gasteiger partial charge is 0.321 e. The lowest BCUT2D eigenvalue weighted by Crippen LogP contribution is -2.27. The number of benzene rings is 1. The standard InChI is InChI=1S/C12H11N7O4S/c1-18-12(21)19-6-14-9(10(19)16-17-18)11(20)15-7-2-4-8(5-3-7)24(13,22)23/h2-6H,1H3,(H,15,20)(H2,13,22,23). The molecule has 0 radical (unpaired) electrons. The minimum Gasteiger partial charge on any atom is -0.321 e. The van der Waals surface area contributed by atoms with Gasteiger partial charge in [-0.25, -0.2) is 27.7 Å². The van der Waals surface area contributed by atoms with Crippen molar-refractivity contribution in [3.05, 3.63) is 46.8 Å². The maximum atomic E-state index is 12.3. The van der Waals surface area contributed by atoms with E-state index in [9.17, 15) is 18.0 Å². The van der Waals surface area contributed by atoms with Gasteiger partial charge in [0.15, 0.2) is 11.3 Å². The number of amides is 1. The van der Waals surface area contributed by atoms with Gasteiger partial charge in [-0.15, -0.1) is 5.10 Å². The molecule has 0 aliphatic heterocycles. The maximum Gasteiger partial charge on any atom is 0.352 e. The number of nitrogens with one attached hydrogen (secondary N) is 1. The van der Waals surface area contributed by atoms with Gasteiger partial charge in [-0.1, -0.05) is 5.21 Å². The zero-order chi connectivity index (χ0) is 17.5. The second kappa shape index (κ2) is 5.50. The number of fused-ring (bicyclic) bond motifs is 1. The molecule has 2 heterocycles. The van der Waals surface area contributed by atoms with Crippen molar-refractivity contribution >= 4 is 27.3 Å². The Bertz CT molecular complexity index is 1100. The summed E-state index contributed by atoms with van der Waals surface area (Å²) in [5.74, 6) is -0.622. The number of imidazole rings is 1. The normalized spacial score (nSPS) is 11.6. The number of nitrogens with two attached hydrogens (primary N) is 1. The molecule has 3 aromatic rings. The van der Waals surface area contributed by atoms with Gasteiger partial charge in [0, 0.05) is 12.7 Å². The minimum absolute atomic E-state index is 0.0109. The summed E-state index contributed by atoms with van der Waals surface area (Å²) >= 11 is 0. The molecule has 0 bridgehead atoms. The molecule has 1 amide bonds. The molecular formula is C12H11N7O4S. The lowest BCUT2D eigenvalue weighted by Gasteiger charge is -2.04. The first-order valence-corrected chi connectivity index (χ1v) is 8.03. The van der Waals surface area contributed by atoms with Crippen LogP contribution in [-0.2, 0) is 17.1 Å². The predicted octanol–water partition coefficient (Wildman–Crippen LogP) is -1.28. The van der Waals surface area contributed by atoms with Crippen LogP contribution in [0, 0.1) is 0 Å². The minimum atomic E-state index is -3.81. The Hall–Kier alpha value is -3.12. The van der Waals surface area contributed by atoms with Crippen molar-refractivity contribution < 1.29 is 13.2 Å². The number of rotatable bonds is 3. The van der Waals surface area contributed by atoms with Gasteiger partial charge in [0.05, 0.1) is 4.90 Å². The van der Waals surface area contributed by atoms with Gasteiger partial charge >= 0.3 is 5.69 Å². The van der Waals surface area contributed by atoms with Crippen LogP contribution < -0.4 is 16.1 Å². The number of aromatic nitrogens is 5. The highest BCUT2D eigenvalue weighted by Crippen LogP contribution is 2.14. The van der Waals surface area contributed by atoms with Crippen molar-refractivity contribution in [2.45, 2.75) is 4.90 Å². The van der Waals surface area contributed by atoms with Gasteiger partial charge in [-0.3, -0.25) is 4.79 Å². The molecule has 0 atom stereocenters. The first-order chi connectivity index (χ1) is 11.3. The average molecular weight is 349 g/mol. The fourth-order valence-electron chi connectivity index (χ4n) is 1.96. The molecule has 0 saturated carbocycles.